The topological polar surface area (TPSA) is 51.2 Å². The van der Waals surface area contributed by atoms with Crippen molar-refractivity contribution in [2.45, 2.75) is 26.3 Å². The highest BCUT2D eigenvalue weighted by Crippen LogP contribution is 2.14. The van der Waals surface area contributed by atoms with Crippen LogP contribution in [0.3, 0.4) is 0 Å². The summed E-state index contributed by atoms with van der Waals surface area (Å²) in [4.78, 5) is 15.8. The maximum atomic E-state index is 11.8. The van der Waals surface area contributed by atoms with E-state index in [4.69, 9.17) is 4.74 Å². The molecule has 1 aromatic rings. The van der Waals surface area contributed by atoms with Crippen molar-refractivity contribution in [3.63, 3.8) is 0 Å². The quantitative estimate of drug-likeness (QED) is 0.803. The monoisotopic (exact) mass is 208 g/mol. The Morgan fingerprint density at radius 3 is 2.67 bits per heavy atom. The zero-order valence-electron chi connectivity index (χ0n) is 9.50. The fourth-order valence-corrected chi connectivity index (χ4v) is 1.13. The standard InChI is InChI=1S/C11H16N2O2/c1-11(2,3)13-9(14)8-6-5-7-12-10(8)15-4/h5-7H,1-4H3,(H,13,14). The average molecular weight is 208 g/mol. The van der Waals surface area contributed by atoms with Gasteiger partial charge in [-0.05, 0) is 32.9 Å². The Hall–Kier alpha value is -1.58. The van der Waals surface area contributed by atoms with E-state index in [1.807, 2.05) is 20.8 Å². The van der Waals surface area contributed by atoms with Gasteiger partial charge in [-0.2, -0.15) is 0 Å². The summed E-state index contributed by atoms with van der Waals surface area (Å²) >= 11 is 0. The number of methoxy groups -OCH3 is 1. The van der Waals surface area contributed by atoms with Crippen molar-refractivity contribution in [1.82, 2.24) is 10.3 Å². The van der Waals surface area contributed by atoms with E-state index in [0.29, 0.717) is 11.4 Å². The van der Waals surface area contributed by atoms with E-state index in [-0.39, 0.29) is 11.4 Å². The number of carbonyl (C=O) groups excluding carboxylic acids is 1. The smallest absolute Gasteiger partial charge is 0.257 e. The van der Waals surface area contributed by atoms with E-state index in [9.17, 15) is 4.79 Å². The zero-order chi connectivity index (χ0) is 11.5. The third-order valence-electron chi connectivity index (χ3n) is 1.70. The van der Waals surface area contributed by atoms with E-state index in [0.717, 1.165) is 0 Å². The second-order valence-corrected chi connectivity index (χ2v) is 4.26. The van der Waals surface area contributed by atoms with Gasteiger partial charge in [0.25, 0.3) is 5.91 Å². The summed E-state index contributed by atoms with van der Waals surface area (Å²) in [6.07, 6.45) is 1.59. The summed E-state index contributed by atoms with van der Waals surface area (Å²) in [5.41, 5.74) is 0.188. The summed E-state index contributed by atoms with van der Waals surface area (Å²) in [6, 6.07) is 3.40. The molecular formula is C11H16N2O2. The van der Waals surface area contributed by atoms with E-state index in [1.54, 1.807) is 18.3 Å². The molecule has 1 N–H and O–H groups in total. The summed E-state index contributed by atoms with van der Waals surface area (Å²) in [7, 11) is 1.50. The number of hydrogen-bond acceptors (Lipinski definition) is 3. The molecule has 0 atom stereocenters. The maximum absolute atomic E-state index is 11.8. The van der Waals surface area contributed by atoms with Crippen molar-refractivity contribution in [3.8, 4) is 5.88 Å². The number of pyridine rings is 1. The van der Waals surface area contributed by atoms with E-state index >= 15 is 0 Å². The molecule has 0 spiro atoms. The molecule has 1 rings (SSSR count). The normalized spacial score (nSPS) is 10.9. The van der Waals surface area contributed by atoms with Gasteiger partial charge in [0.05, 0.1) is 7.11 Å². The third kappa shape index (κ3) is 3.23. The predicted octanol–water partition coefficient (Wildman–Crippen LogP) is 1.62. The van der Waals surface area contributed by atoms with Crippen LogP contribution in [0.1, 0.15) is 31.1 Å². The number of hydrogen-bond donors (Lipinski definition) is 1. The highest BCUT2D eigenvalue weighted by Gasteiger charge is 2.18. The minimum Gasteiger partial charge on any atom is -0.480 e. The minimum absolute atomic E-state index is 0.174. The van der Waals surface area contributed by atoms with Gasteiger partial charge < -0.3 is 10.1 Å². The first-order chi connectivity index (χ1) is 6.94. The summed E-state index contributed by atoms with van der Waals surface area (Å²) in [5, 5.41) is 2.85. The highest BCUT2D eigenvalue weighted by atomic mass is 16.5. The fraction of sp³-hybridized carbons (Fsp3) is 0.455. The SMILES string of the molecule is COc1ncccc1C(=O)NC(C)(C)C. The second-order valence-electron chi connectivity index (χ2n) is 4.26. The Kier molecular flexibility index (Phi) is 3.29. The number of aromatic nitrogens is 1. The molecule has 1 aromatic heterocycles. The van der Waals surface area contributed by atoms with Crippen molar-refractivity contribution >= 4 is 5.91 Å². The fourth-order valence-electron chi connectivity index (χ4n) is 1.13. The first kappa shape index (κ1) is 11.5. The lowest BCUT2D eigenvalue weighted by molar-refractivity contribution is 0.0915. The first-order valence-corrected chi connectivity index (χ1v) is 4.75. The molecule has 15 heavy (non-hydrogen) atoms. The van der Waals surface area contributed by atoms with E-state index in [1.165, 1.54) is 7.11 Å². The van der Waals surface area contributed by atoms with Crippen LogP contribution in [0, 0.1) is 0 Å². The molecule has 4 nitrogen and oxygen atoms in total. The summed E-state index contributed by atoms with van der Waals surface area (Å²) in [5.74, 6) is 0.173. The van der Waals surface area contributed by atoms with Crippen molar-refractivity contribution < 1.29 is 9.53 Å². The molecule has 1 amide bonds. The van der Waals surface area contributed by atoms with Gasteiger partial charge in [-0.15, -0.1) is 0 Å². The summed E-state index contributed by atoms with van der Waals surface area (Å²) in [6.45, 7) is 5.77. The van der Waals surface area contributed by atoms with Gasteiger partial charge in [0.1, 0.15) is 5.56 Å². The number of carbonyl (C=O) groups is 1. The largest absolute Gasteiger partial charge is 0.480 e. The van der Waals surface area contributed by atoms with E-state index < -0.39 is 0 Å². The molecule has 0 bridgehead atoms. The molecule has 0 fully saturated rings. The number of amides is 1. The molecule has 1 heterocycles. The Morgan fingerprint density at radius 1 is 1.47 bits per heavy atom. The second kappa shape index (κ2) is 4.29. The zero-order valence-corrected chi connectivity index (χ0v) is 9.50. The molecule has 0 radical (unpaired) electrons. The molecule has 0 aliphatic carbocycles. The number of nitrogens with zero attached hydrogens (tertiary/aromatic N) is 1. The van der Waals surface area contributed by atoms with Gasteiger partial charge in [0.2, 0.25) is 5.88 Å². The lowest BCUT2D eigenvalue weighted by atomic mass is 10.1. The highest BCUT2D eigenvalue weighted by molar-refractivity contribution is 5.96. The molecule has 0 aliphatic heterocycles. The minimum atomic E-state index is -0.266. The Bertz CT molecular complexity index is 356. The molecule has 4 heteroatoms. The van der Waals surface area contributed by atoms with Crippen LogP contribution in [0.5, 0.6) is 5.88 Å². The van der Waals surface area contributed by atoms with Crippen LogP contribution in [-0.2, 0) is 0 Å². The number of ether oxygens (including phenoxy) is 1. The number of nitrogens with one attached hydrogen (secondary N) is 1. The van der Waals surface area contributed by atoms with Gasteiger partial charge >= 0.3 is 0 Å². The van der Waals surface area contributed by atoms with Crippen LogP contribution in [0.25, 0.3) is 0 Å². The maximum Gasteiger partial charge on any atom is 0.257 e. The molecule has 0 aromatic carbocycles. The molecule has 82 valence electrons. The average Bonchev–Trinajstić information content (AvgIpc) is 2.15. The van der Waals surface area contributed by atoms with Gasteiger partial charge in [0, 0.05) is 11.7 Å². The Balaban J connectivity index is 2.91. The van der Waals surface area contributed by atoms with Crippen LogP contribution in [0.15, 0.2) is 18.3 Å². The van der Waals surface area contributed by atoms with Gasteiger partial charge in [0.15, 0.2) is 0 Å². The van der Waals surface area contributed by atoms with Gasteiger partial charge in [-0.25, -0.2) is 4.98 Å². The van der Waals surface area contributed by atoms with E-state index in [2.05, 4.69) is 10.3 Å². The Morgan fingerprint density at radius 2 is 2.13 bits per heavy atom. The van der Waals surface area contributed by atoms with Crippen LogP contribution in [0.4, 0.5) is 0 Å². The molecule has 0 saturated heterocycles. The van der Waals surface area contributed by atoms with Crippen LogP contribution in [-0.4, -0.2) is 23.5 Å². The predicted molar refractivity (Wildman–Crippen MR) is 58.0 cm³/mol. The summed E-state index contributed by atoms with van der Waals surface area (Å²) < 4.78 is 5.01. The van der Waals surface area contributed by atoms with Crippen molar-refractivity contribution in [2.75, 3.05) is 7.11 Å². The van der Waals surface area contributed by atoms with Crippen molar-refractivity contribution in [1.29, 1.82) is 0 Å². The molecular weight excluding hydrogens is 192 g/mol. The van der Waals surface area contributed by atoms with Crippen molar-refractivity contribution in [2.24, 2.45) is 0 Å². The lowest BCUT2D eigenvalue weighted by Crippen LogP contribution is -2.40. The molecule has 0 unspecified atom stereocenters. The Labute approximate surface area is 89.7 Å². The van der Waals surface area contributed by atoms with Crippen LogP contribution < -0.4 is 10.1 Å². The molecule has 0 aliphatic rings. The van der Waals surface area contributed by atoms with Gasteiger partial charge in [-0.3, -0.25) is 4.79 Å². The van der Waals surface area contributed by atoms with Gasteiger partial charge in [-0.1, -0.05) is 0 Å². The van der Waals surface area contributed by atoms with Crippen LogP contribution in [0.2, 0.25) is 0 Å². The lowest BCUT2D eigenvalue weighted by Gasteiger charge is -2.20. The first-order valence-electron chi connectivity index (χ1n) is 4.75. The third-order valence-corrected chi connectivity index (χ3v) is 1.70. The van der Waals surface area contributed by atoms with Crippen molar-refractivity contribution in [3.05, 3.63) is 23.9 Å². The van der Waals surface area contributed by atoms with Crippen LogP contribution >= 0.6 is 0 Å². The number of rotatable bonds is 2. The molecule has 0 saturated carbocycles.